The van der Waals surface area contributed by atoms with Crippen LogP contribution < -0.4 is 5.73 Å². The third kappa shape index (κ3) is 2.09. The summed E-state index contributed by atoms with van der Waals surface area (Å²) in [7, 11) is 0. The van der Waals surface area contributed by atoms with Crippen LogP contribution in [-0.2, 0) is 19.4 Å². The maximum Gasteiger partial charge on any atom is 0.138 e. The van der Waals surface area contributed by atoms with E-state index in [9.17, 15) is 0 Å². The van der Waals surface area contributed by atoms with E-state index in [0.717, 1.165) is 24.7 Å². The second-order valence-corrected chi connectivity index (χ2v) is 6.36. The first kappa shape index (κ1) is 13.0. The molecule has 0 amide bonds. The Kier molecular flexibility index (Phi) is 3.07. The van der Waals surface area contributed by atoms with Gasteiger partial charge in [-0.05, 0) is 48.6 Å². The van der Waals surface area contributed by atoms with E-state index in [1.165, 1.54) is 18.4 Å². The summed E-state index contributed by atoms with van der Waals surface area (Å²) < 4.78 is 1.96. The number of rotatable bonds is 4. The average Bonchev–Trinajstić information content (AvgIpc) is 3.11. The smallest absolute Gasteiger partial charge is 0.138 e. The lowest BCUT2D eigenvalue weighted by atomic mass is 9.92. The summed E-state index contributed by atoms with van der Waals surface area (Å²) in [5.74, 6) is 3.12. The molecule has 4 rings (SSSR count). The van der Waals surface area contributed by atoms with Crippen LogP contribution in [0.4, 0.5) is 0 Å². The van der Waals surface area contributed by atoms with Gasteiger partial charge in [-0.25, -0.2) is 4.98 Å². The molecular formula is C17H22N4. The van der Waals surface area contributed by atoms with E-state index in [1.54, 1.807) is 11.9 Å². The van der Waals surface area contributed by atoms with Gasteiger partial charge in [-0.1, -0.05) is 24.3 Å². The van der Waals surface area contributed by atoms with Gasteiger partial charge in [0.1, 0.15) is 12.2 Å². The zero-order valence-corrected chi connectivity index (χ0v) is 12.4. The van der Waals surface area contributed by atoms with Crippen molar-refractivity contribution in [1.29, 1.82) is 0 Å². The second kappa shape index (κ2) is 4.95. The van der Waals surface area contributed by atoms with Crippen LogP contribution in [0.5, 0.6) is 0 Å². The van der Waals surface area contributed by atoms with Gasteiger partial charge in [0.25, 0.3) is 0 Å². The summed E-state index contributed by atoms with van der Waals surface area (Å²) >= 11 is 0. The molecule has 2 aliphatic rings. The van der Waals surface area contributed by atoms with E-state index >= 15 is 0 Å². The molecule has 1 fully saturated rings. The third-order valence-electron chi connectivity index (χ3n) is 5.30. The molecule has 0 aliphatic heterocycles. The number of benzene rings is 1. The number of aromatic nitrogens is 3. The molecule has 110 valence electrons. The zero-order valence-electron chi connectivity index (χ0n) is 12.4. The van der Waals surface area contributed by atoms with Crippen LogP contribution in [0.25, 0.3) is 0 Å². The molecule has 2 aromatic rings. The van der Waals surface area contributed by atoms with Crippen molar-refractivity contribution in [3.8, 4) is 0 Å². The lowest BCUT2D eigenvalue weighted by Crippen LogP contribution is -2.28. The van der Waals surface area contributed by atoms with Gasteiger partial charge in [-0.2, -0.15) is 5.10 Å². The van der Waals surface area contributed by atoms with Gasteiger partial charge in [-0.3, -0.25) is 4.68 Å². The van der Waals surface area contributed by atoms with Crippen molar-refractivity contribution in [2.45, 2.75) is 44.7 Å². The van der Waals surface area contributed by atoms with E-state index < -0.39 is 0 Å². The number of nitrogens with two attached hydrogens (primary N) is 1. The van der Waals surface area contributed by atoms with Crippen LogP contribution in [0.3, 0.4) is 0 Å². The Hall–Kier alpha value is -1.68. The number of hydrogen-bond donors (Lipinski definition) is 1. The highest BCUT2D eigenvalue weighted by Gasteiger charge is 2.55. The fraction of sp³-hybridized carbons (Fsp3) is 0.529. The molecule has 0 saturated heterocycles. The zero-order chi connectivity index (χ0) is 14.4. The summed E-state index contributed by atoms with van der Waals surface area (Å²) in [5.41, 5.74) is 9.61. The predicted molar refractivity (Wildman–Crippen MR) is 81.9 cm³/mol. The molecule has 0 bridgehead atoms. The van der Waals surface area contributed by atoms with Gasteiger partial charge in [0.15, 0.2) is 0 Å². The first-order valence-corrected chi connectivity index (χ1v) is 7.99. The largest absolute Gasteiger partial charge is 0.327 e. The molecule has 2 N–H and O–H groups in total. The molecule has 1 heterocycles. The number of aryl methyl sites for hydroxylation is 2. The van der Waals surface area contributed by atoms with E-state index in [1.807, 2.05) is 4.68 Å². The van der Waals surface area contributed by atoms with Crippen LogP contribution in [0.1, 0.15) is 36.2 Å². The Labute approximate surface area is 125 Å². The van der Waals surface area contributed by atoms with Crippen molar-refractivity contribution in [3.63, 3.8) is 0 Å². The van der Waals surface area contributed by atoms with Gasteiger partial charge >= 0.3 is 0 Å². The summed E-state index contributed by atoms with van der Waals surface area (Å²) in [4.78, 5) is 4.37. The second-order valence-electron chi connectivity index (χ2n) is 6.36. The van der Waals surface area contributed by atoms with E-state index in [0.29, 0.717) is 11.8 Å². The Morgan fingerprint density at radius 2 is 2.24 bits per heavy atom. The molecule has 0 radical (unpaired) electrons. The van der Waals surface area contributed by atoms with Crippen molar-refractivity contribution < 1.29 is 0 Å². The molecule has 1 saturated carbocycles. The maximum atomic E-state index is 6.53. The molecular weight excluding hydrogens is 260 g/mol. The standard InChI is InChI=1S/C17H22N4/c1-2-21-15(19-10-20-21)9-14(18)17-13-8-7-11-5-3-4-6-12(11)16(13)17/h3-6,10,13-14,16-17H,2,7-9,18H2,1H3. The van der Waals surface area contributed by atoms with E-state index in [4.69, 9.17) is 5.73 Å². The van der Waals surface area contributed by atoms with Crippen LogP contribution in [-0.4, -0.2) is 20.8 Å². The van der Waals surface area contributed by atoms with Gasteiger partial charge in [0.2, 0.25) is 0 Å². The van der Waals surface area contributed by atoms with Crippen molar-refractivity contribution >= 4 is 0 Å². The van der Waals surface area contributed by atoms with E-state index in [2.05, 4.69) is 41.3 Å². The number of nitrogens with zero attached hydrogens (tertiary/aromatic N) is 3. The third-order valence-corrected chi connectivity index (χ3v) is 5.30. The highest BCUT2D eigenvalue weighted by molar-refractivity contribution is 5.40. The fourth-order valence-corrected chi connectivity index (χ4v) is 4.26. The summed E-state index contributed by atoms with van der Waals surface area (Å²) in [6.07, 6.45) is 4.99. The quantitative estimate of drug-likeness (QED) is 0.934. The lowest BCUT2D eigenvalue weighted by molar-refractivity contribution is 0.501. The Balaban J connectivity index is 1.52. The fourth-order valence-electron chi connectivity index (χ4n) is 4.26. The molecule has 4 heteroatoms. The average molecular weight is 282 g/mol. The minimum atomic E-state index is 0.195. The summed E-state index contributed by atoms with van der Waals surface area (Å²) in [6.45, 7) is 2.96. The predicted octanol–water partition coefficient (Wildman–Crippen LogP) is 2.14. The van der Waals surface area contributed by atoms with Crippen molar-refractivity contribution in [3.05, 3.63) is 47.5 Å². The van der Waals surface area contributed by atoms with Gasteiger partial charge in [-0.15, -0.1) is 0 Å². The lowest BCUT2D eigenvalue weighted by Gasteiger charge is -2.13. The minimum Gasteiger partial charge on any atom is -0.327 e. The first-order valence-electron chi connectivity index (χ1n) is 7.99. The minimum absolute atomic E-state index is 0.195. The van der Waals surface area contributed by atoms with Gasteiger partial charge in [0, 0.05) is 19.0 Å². The first-order chi connectivity index (χ1) is 10.3. The highest BCUT2D eigenvalue weighted by Crippen LogP contribution is 2.61. The molecule has 1 aromatic heterocycles. The number of hydrogen-bond acceptors (Lipinski definition) is 3. The SMILES string of the molecule is CCn1ncnc1CC(N)C1C2CCc3ccccc3C21. The monoisotopic (exact) mass is 282 g/mol. The molecule has 21 heavy (non-hydrogen) atoms. The molecule has 1 aromatic carbocycles. The Bertz CT molecular complexity index is 648. The van der Waals surface area contributed by atoms with Crippen molar-refractivity contribution in [2.75, 3.05) is 0 Å². The Morgan fingerprint density at radius 3 is 3.10 bits per heavy atom. The molecule has 4 unspecified atom stereocenters. The topological polar surface area (TPSA) is 56.7 Å². The highest BCUT2D eigenvalue weighted by atomic mass is 15.3. The van der Waals surface area contributed by atoms with Crippen molar-refractivity contribution in [2.24, 2.45) is 17.6 Å². The number of fused-ring (bicyclic) bond motifs is 3. The van der Waals surface area contributed by atoms with Gasteiger partial charge < -0.3 is 5.73 Å². The van der Waals surface area contributed by atoms with Crippen LogP contribution in [0, 0.1) is 11.8 Å². The van der Waals surface area contributed by atoms with Crippen LogP contribution >= 0.6 is 0 Å². The van der Waals surface area contributed by atoms with Gasteiger partial charge in [0.05, 0.1) is 0 Å². The molecule has 4 atom stereocenters. The summed E-state index contributed by atoms with van der Waals surface area (Å²) in [6, 6.07) is 9.09. The molecule has 2 aliphatic carbocycles. The van der Waals surface area contributed by atoms with Crippen LogP contribution in [0.15, 0.2) is 30.6 Å². The molecule has 0 spiro atoms. The van der Waals surface area contributed by atoms with E-state index in [-0.39, 0.29) is 6.04 Å². The van der Waals surface area contributed by atoms with Crippen molar-refractivity contribution in [1.82, 2.24) is 14.8 Å². The van der Waals surface area contributed by atoms with Crippen LogP contribution in [0.2, 0.25) is 0 Å². The maximum absolute atomic E-state index is 6.53. The Morgan fingerprint density at radius 1 is 1.38 bits per heavy atom. The summed E-state index contributed by atoms with van der Waals surface area (Å²) in [5, 5.41) is 4.24. The molecule has 4 nitrogen and oxygen atoms in total. The normalized spacial score (nSPS) is 27.8.